The van der Waals surface area contributed by atoms with Crippen molar-refractivity contribution in [1.82, 2.24) is 44.9 Å². The molecule has 404 valence electrons. The maximum atomic E-state index is 6.23. The summed E-state index contributed by atoms with van der Waals surface area (Å²) in [5.41, 5.74) is 15.0. The molecule has 0 unspecified atom stereocenters. The molecule has 0 atom stereocenters. The summed E-state index contributed by atoms with van der Waals surface area (Å²) in [7, 11) is 0. The lowest BCUT2D eigenvalue weighted by atomic mass is 10.1. The van der Waals surface area contributed by atoms with Gasteiger partial charge in [-0.25, -0.2) is 0 Å². The molecule has 0 radical (unpaired) electrons. The van der Waals surface area contributed by atoms with Gasteiger partial charge in [0, 0.05) is 65.4 Å². The van der Waals surface area contributed by atoms with Gasteiger partial charge in [0.1, 0.15) is 0 Å². The van der Waals surface area contributed by atoms with Crippen LogP contribution in [0.25, 0.3) is 0 Å². The highest BCUT2D eigenvalue weighted by Crippen LogP contribution is 2.23. The Kier molecular flexibility index (Phi) is 19.7. The first-order chi connectivity index (χ1) is 38.9. The van der Waals surface area contributed by atoms with Crippen LogP contribution in [0.3, 0.4) is 0 Å². The Morgan fingerprint density at radius 1 is 0.316 bits per heavy atom. The van der Waals surface area contributed by atoms with Crippen LogP contribution in [0.1, 0.15) is 84.0 Å². The number of hydrogen-bond donors (Lipinski definition) is 7. The fourth-order valence-corrected chi connectivity index (χ4v) is 8.67. The molecule has 0 spiro atoms. The molecule has 0 saturated carbocycles. The first-order valence-corrected chi connectivity index (χ1v) is 27.2. The molecule has 0 fully saturated rings. The second-order valence-corrected chi connectivity index (χ2v) is 19.2. The second kappa shape index (κ2) is 28.6. The van der Waals surface area contributed by atoms with Gasteiger partial charge in [-0.1, -0.05) is 197 Å². The quantitative estimate of drug-likeness (QED) is 0.0208. The molecular formula is C61H70N18. The van der Waals surface area contributed by atoms with E-state index in [1.54, 1.807) is 0 Å². The van der Waals surface area contributed by atoms with Gasteiger partial charge in [0.15, 0.2) is 0 Å². The molecule has 3 aromatic heterocycles. The van der Waals surface area contributed by atoms with Gasteiger partial charge in [-0.2, -0.15) is 44.9 Å². The summed E-state index contributed by atoms with van der Waals surface area (Å²) in [4.78, 5) is 47.2. The smallest absolute Gasteiger partial charge is 0.232 e. The van der Waals surface area contributed by atoms with Crippen molar-refractivity contribution < 1.29 is 0 Å². The highest BCUT2D eigenvalue weighted by atomic mass is 15.3. The van der Waals surface area contributed by atoms with Crippen molar-refractivity contribution in [1.29, 1.82) is 0 Å². The average molecular weight is 1060 g/mol. The number of aromatic nitrogens is 9. The van der Waals surface area contributed by atoms with E-state index in [0.717, 1.165) is 83.3 Å². The van der Waals surface area contributed by atoms with Gasteiger partial charge in [-0.3, -0.25) is 0 Å². The van der Waals surface area contributed by atoms with Crippen molar-refractivity contribution >= 4 is 53.5 Å². The molecule has 0 amide bonds. The van der Waals surface area contributed by atoms with E-state index in [2.05, 4.69) is 204 Å². The lowest BCUT2D eigenvalue weighted by molar-refractivity contribution is 0.755. The number of rotatable bonds is 30. The van der Waals surface area contributed by atoms with Gasteiger partial charge in [0.25, 0.3) is 0 Å². The number of benzene rings is 6. The van der Waals surface area contributed by atoms with Crippen LogP contribution in [-0.2, 0) is 52.4 Å². The molecule has 79 heavy (non-hydrogen) atoms. The van der Waals surface area contributed by atoms with Gasteiger partial charge in [-0.05, 0) is 57.3 Å². The molecule has 18 heteroatoms. The predicted molar refractivity (Wildman–Crippen MR) is 318 cm³/mol. The van der Waals surface area contributed by atoms with Crippen molar-refractivity contribution in [2.75, 3.05) is 60.5 Å². The van der Waals surface area contributed by atoms with E-state index in [4.69, 9.17) is 35.6 Å². The fourth-order valence-electron chi connectivity index (χ4n) is 8.67. The Bertz CT molecular complexity index is 2960. The molecular weight excluding hydrogens is 985 g/mol. The molecule has 18 nitrogen and oxygen atoms in total. The van der Waals surface area contributed by atoms with Crippen LogP contribution in [0.5, 0.6) is 0 Å². The third-order valence-electron chi connectivity index (χ3n) is 12.7. The standard InChI is InChI=1S/C61H70N18/c1-3-5-33-63-54-71-58(76-60(74-54)78(41-45-21-11-7-12-22-45)42-46-23-13-8-14-24-46)67-39-51-31-19-29-49(35-51)37-65-56-69-53(62)70-57(73-56)66-38-50-30-20-32-52(36-50)40-68-59-72-55(64-34-6-4-2)75-61(77-59)79(43-47-25-15-9-16-26-47)44-48-27-17-10-18-28-48/h7-32,35-36H,3-6,33-34,37-44H2,1-2H3,(H2,63,67,71,74,76)(H2,64,68,72,75,77)(H4,62,65,66,69,70,73). The largest absolute Gasteiger partial charge is 0.368 e. The zero-order valence-electron chi connectivity index (χ0n) is 45.1. The molecule has 0 aliphatic rings. The Balaban J connectivity index is 0.822. The van der Waals surface area contributed by atoms with Crippen LogP contribution in [0.15, 0.2) is 170 Å². The van der Waals surface area contributed by atoms with Crippen LogP contribution in [0.4, 0.5) is 53.5 Å². The summed E-state index contributed by atoms with van der Waals surface area (Å²) in [6.45, 7) is 10.3. The zero-order valence-corrected chi connectivity index (χ0v) is 45.1. The highest BCUT2D eigenvalue weighted by molar-refractivity contribution is 5.48. The van der Waals surface area contributed by atoms with Crippen molar-refractivity contribution in [2.45, 2.75) is 91.9 Å². The lowest BCUT2D eigenvalue weighted by Crippen LogP contribution is -2.25. The van der Waals surface area contributed by atoms with Crippen molar-refractivity contribution in [3.05, 3.63) is 214 Å². The Morgan fingerprint density at radius 2 is 0.582 bits per heavy atom. The lowest BCUT2D eigenvalue weighted by Gasteiger charge is -2.24. The first kappa shape index (κ1) is 54.3. The van der Waals surface area contributed by atoms with Crippen LogP contribution >= 0.6 is 0 Å². The van der Waals surface area contributed by atoms with Gasteiger partial charge >= 0.3 is 0 Å². The Labute approximate surface area is 463 Å². The van der Waals surface area contributed by atoms with E-state index in [9.17, 15) is 0 Å². The van der Waals surface area contributed by atoms with E-state index in [0.29, 0.717) is 99.9 Å². The number of nitrogens with one attached hydrogen (secondary N) is 6. The Hall–Kier alpha value is -9.45. The minimum absolute atomic E-state index is 0.105. The third-order valence-corrected chi connectivity index (χ3v) is 12.7. The third kappa shape index (κ3) is 17.3. The maximum absolute atomic E-state index is 6.23. The summed E-state index contributed by atoms with van der Waals surface area (Å²) >= 11 is 0. The summed E-state index contributed by atoms with van der Waals surface area (Å²) in [5.74, 6) is 4.05. The molecule has 0 bridgehead atoms. The molecule has 9 aromatic rings. The summed E-state index contributed by atoms with van der Waals surface area (Å²) in [6, 6.07) is 58.1. The molecule has 0 aliphatic heterocycles. The summed E-state index contributed by atoms with van der Waals surface area (Å²) in [5, 5.41) is 20.5. The molecule has 0 aliphatic carbocycles. The summed E-state index contributed by atoms with van der Waals surface area (Å²) < 4.78 is 0. The van der Waals surface area contributed by atoms with Gasteiger partial charge in [0.2, 0.25) is 53.5 Å². The molecule has 3 heterocycles. The first-order valence-electron chi connectivity index (χ1n) is 27.2. The average Bonchev–Trinajstić information content (AvgIpc) is 3.48. The number of unbranched alkanes of at least 4 members (excludes halogenated alkanes) is 2. The van der Waals surface area contributed by atoms with E-state index in [-0.39, 0.29) is 5.95 Å². The minimum Gasteiger partial charge on any atom is -0.368 e. The number of anilines is 9. The fraction of sp³-hybridized carbons (Fsp3) is 0.262. The minimum atomic E-state index is 0.105. The highest BCUT2D eigenvalue weighted by Gasteiger charge is 2.18. The molecule has 0 saturated heterocycles. The van der Waals surface area contributed by atoms with E-state index < -0.39 is 0 Å². The molecule has 9 rings (SSSR count). The SMILES string of the molecule is CCCCNc1nc(NCc2cccc(CNc3nc(N)nc(NCc4cccc(CNc5nc(NCCCC)nc(N(Cc6ccccc6)Cc6ccccc6)n5)c4)n3)c2)nc(N(Cc2ccccc2)Cc2ccccc2)n1. The van der Waals surface area contributed by atoms with Gasteiger partial charge in [-0.15, -0.1) is 0 Å². The van der Waals surface area contributed by atoms with E-state index in [1.807, 2.05) is 36.4 Å². The topological polar surface area (TPSA) is 221 Å². The second-order valence-electron chi connectivity index (χ2n) is 19.2. The monoisotopic (exact) mass is 1050 g/mol. The number of nitrogens with zero attached hydrogens (tertiary/aromatic N) is 11. The van der Waals surface area contributed by atoms with Gasteiger partial charge in [0.05, 0.1) is 0 Å². The predicted octanol–water partition coefficient (Wildman–Crippen LogP) is 11.1. The zero-order chi connectivity index (χ0) is 54.3. The number of nitrogens with two attached hydrogens (primary N) is 1. The normalized spacial score (nSPS) is 10.9. The molecule has 8 N–H and O–H groups in total. The van der Waals surface area contributed by atoms with E-state index >= 15 is 0 Å². The van der Waals surface area contributed by atoms with Crippen LogP contribution < -0.4 is 47.4 Å². The maximum Gasteiger partial charge on any atom is 0.232 e. The van der Waals surface area contributed by atoms with Gasteiger partial charge < -0.3 is 47.4 Å². The van der Waals surface area contributed by atoms with Crippen LogP contribution in [-0.4, -0.2) is 57.9 Å². The number of hydrogen-bond acceptors (Lipinski definition) is 18. The van der Waals surface area contributed by atoms with Crippen molar-refractivity contribution in [3.63, 3.8) is 0 Å². The summed E-state index contributed by atoms with van der Waals surface area (Å²) in [6.07, 6.45) is 4.12. The van der Waals surface area contributed by atoms with Crippen LogP contribution in [0.2, 0.25) is 0 Å². The van der Waals surface area contributed by atoms with E-state index in [1.165, 1.54) is 0 Å². The van der Waals surface area contributed by atoms with Crippen molar-refractivity contribution in [3.8, 4) is 0 Å². The number of nitrogen functional groups attached to an aromatic ring is 1. The van der Waals surface area contributed by atoms with Crippen LogP contribution in [0, 0.1) is 0 Å². The molecule has 6 aromatic carbocycles. The Morgan fingerprint density at radius 3 is 0.873 bits per heavy atom. The van der Waals surface area contributed by atoms with Crippen molar-refractivity contribution in [2.24, 2.45) is 0 Å².